The van der Waals surface area contributed by atoms with Crippen LogP contribution in [0.5, 0.6) is 0 Å². The fraction of sp³-hybridized carbons (Fsp3) is 0.385. The average Bonchev–Trinajstić information content (AvgIpc) is 2.83. The normalized spacial score (nSPS) is 11.8. The summed E-state index contributed by atoms with van der Waals surface area (Å²) < 4.78 is 6.14. The highest BCUT2D eigenvalue weighted by Crippen LogP contribution is 2.28. The van der Waals surface area contributed by atoms with Gasteiger partial charge in [-0.1, -0.05) is 23.7 Å². The van der Waals surface area contributed by atoms with Crippen molar-refractivity contribution < 1.29 is 4.52 Å². The molecule has 2 aromatic rings. The molecule has 6 heteroatoms. The first-order chi connectivity index (χ1) is 8.94. The minimum Gasteiger partial charge on any atom is -0.337 e. The number of aromatic nitrogens is 2. The van der Waals surface area contributed by atoms with Crippen LogP contribution in [0, 0.1) is 0 Å². The molecule has 0 bridgehead atoms. The number of hydrogen-bond donors (Lipinski definition) is 1. The monoisotopic (exact) mass is 343 g/mol. The predicted molar refractivity (Wildman–Crippen MR) is 79.1 cm³/mol. The summed E-state index contributed by atoms with van der Waals surface area (Å²) in [6.07, 6.45) is 0. The van der Waals surface area contributed by atoms with Crippen LogP contribution in [0.1, 0.15) is 26.7 Å². The van der Waals surface area contributed by atoms with Gasteiger partial charge in [0.25, 0.3) is 0 Å². The standard InChI is InChI=1S/C13H15BrClN3O/c1-4-16-13(2,3)12-17-11(18-19-12)8-5-6-10(15)9(14)7-8/h5-7,16H,4H2,1-3H3. The third-order valence-electron chi connectivity index (χ3n) is 2.76. The first-order valence-electron chi connectivity index (χ1n) is 5.98. The number of hydrogen-bond acceptors (Lipinski definition) is 4. The number of benzene rings is 1. The molecule has 0 saturated carbocycles. The zero-order valence-electron chi connectivity index (χ0n) is 11.0. The van der Waals surface area contributed by atoms with Gasteiger partial charge in [-0.25, -0.2) is 0 Å². The fourth-order valence-corrected chi connectivity index (χ4v) is 2.24. The Bertz CT molecular complexity index is 583. The van der Waals surface area contributed by atoms with Crippen molar-refractivity contribution in [2.75, 3.05) is 6.54 Å². The lowest BCUT2D eigenvalue weighted by Gasteiger charge is -2.20. The summed E-state index contributed by atoms with van der Waals surface area (Å²) in [6, 6.07) is 5.53. The van der Waals surface area contributed by atoms with Crippen LogP contribution in [-0.4, -0.2) is 16.7 Å². The van der Waals surface area contributed by atoms with E-state index in [1.54, 1.807) is 6.07 Å². The second-order valence-electron chi connectivity index (χ2n) is 4.71. The van der Waals surface area contributed by atoms with Gasteiger partial charge in [0.2, 0.25) is 11.7 Å². The van der Waals surface area contributed by atoms with Crippen LogP contribution in [-0.2, 0) is 5.54 Å². The Balaban J connectivity index is 2.33. The molecule has 1 aromatic heterocycles. The van der Waals surface area contributed by atoms with E-state index in [0.29, 0.717) is 16.7 Å². The SMILES string of the molecule is CCNC(C)(C)c1nc(-c2ccc(Cl)c(Br)c2)no1. The van der Waals surface area contributed by atoms with Crippen molar-refractivity contribution in [1.29, 1.82) is 0 Å². The van der Waals surface area contributed by atoms with Crippen molar-refractivity contribution >= 4 is 27.5 Å². The summed E-state index contributed by atoms with van der Waals surface area (Å²) in [4.78, 5) is 4.44. The van der Waals surface area contributed by atoms with E-state index in [9.17, 15) is 0 Å². The minimum atomic E-state index is -0.344. The molecule has 0 aliphatic heterocycles. The van der Waals surface area contributed by atoms with Crippen molar-refractivity contribution in [3.63, 3.8) is 0 Å². The lowest BCUT2D eigenvalue weighted by Crippen LogP contribution is -2.36. The maximum absolute atomic E-state index is 5.97. The molecule has 2 rings (SSSR count). The van der Waals surface area contributed by atoms with Gasteiger partial charge in [0.05, 0.1) is 10.6 Å². The molecule has 0 fully saturated rings. The maximum Gasteiger partial charge on any atom is 0.246 e. The molecule has 0 amide bonds. The van der Waals surface area contributed by atoms with Crippen LogP contribution in [0.2, 0.25) is 5.02 Å². The first-order valence-corrected chi connectivity index (χ1v) is 7.16. The molecule has 0 aliphatic carbocycles. The summed E-state index contributed by atoms with van der Waals surface area (Å²) in [7, 11) is 0. The smallest absolute Gasteiger partial charge is 0.246 e. The van der Waals surface area contributed by atoms with Gasteiger partial charge in [0, 0.05) is 10.0 Å². The van der Waals surface area contributed by atoms with Crippen LogP contribution >= 0.6 is 27.5 Å². The van der Waals surface area contributed by atoms with Crippen LogP contribution < -0.4 is 5.32 Å². The summed E-state index contributed by atoms with van der Waals surface area (Å²) in [5.74, 6) is 1.12. The van der Waals surface area contributed by atoms with E-state index in [4.69, 9.17) is 16.1 Å². The van der Waals surface area contributed by atoms with E-state index in [1.807, 2.05) is 32.9 Å². The summed E-state index contributed by atoms with van der Waals surface area (Å²) in [5, 5.41) is 7.97. The molecule has 0 aliphatic rings. The summed E-state index contributed by atoms with van der Waals surface area (Å²) in [5.41, 5.74) is 0.516. The lowest BCUT2D eigenvalue weighted by molar-refractivity contribution is 0.272. The highest BCUT2D eigenvalue weighted by molar-refractivity contribution is 9.10. The van der Waals surface area contributed by atoms with Crippen LogP contribution in [0.15, 0.2) is 27.2 Å². The maximum atomic E-state index is 5.97. The molecule has 1 aromatic carbocycles. The Morgan fingerprint density at radius 2 is 2.16 bits per heavy atom. The second kappa shape index (κ2) is 5.61. The average molecular weight is 345 g/mol. The Hall–Kier alpha value is -0.910. The van der Waals surface area contributed by atoms with Crippen molar-refractivity contribution in [1.82, 2.24) is 15.5 Å². The zero-order valence-corrected chi connectivity index (χ0v) is 13.3. The van der Waals surface area contributed by atoms with Gasteiger partial charge in [0.15, 0.2) is 0 Å². The molecule has 102 valence electrons. The van der Waals surface area contributed by atoms with E-state index < -0.39 is 0 Å². The molecular weight excluding hydrogens is 330 g/mol. The van der Waals surface area contributed by atoms with Gasteiger partial charge in [-0.05, 0) is 54.5 Å². The molecule has 0 saturated heterocycles. The topological polar surface area (TPSA) is 51.0 Å². The van der Waals surface area contributed by atoms with Gasteiger partial charge in [-0.2, -0.15) is 4.98 Å². The lowest BCUT2D eigenvalue weighted by atomic mass is 10.1. The summed E-state index contributed by atoms with van der Waals surface area (Å²) in [6.45, 7) is 6.88. The van der Waals surface area contributed by atoms with Gasteiger partial charge in [-0.3, -0.25) is 0 Å². The predicted octanol–water partition coefficient (Wildman–Crippen LogP) is 4.00. The largest absolute Gasteiger partial charge is 0.337 e. The Morgan fingerprint density at radius 1 is 1.42 bits per heavy atom. The van der Waals surface area contributed by atoms with Crippen LogP contribution in [0.4, 0.5) is 0 Å². The van der Waals surface area contributed by atoms with E-state index in [-0.39, 0.29) is 5.54 Å². The molecule has 19 heavy (non-hydrogen) atoms. The first kappa shape index (κ1) is 14.5. The van der Waals surface area contributed by atoms with Crippen molar-refractivity contribution in [2.24, 2.45) is 0 Å². The molecular formula is C13H15BrClN3O. The Kier molecular flexibility index (Phi) is 4.28. The number of halogens is 2. The number of rotatable bonds is 4. The molecule has 0 atom stereocenters. The van der Waals surface area contributed by atoms with Crippen LogP contribution in [0.25, 0.3) is 11.4 Å². The quantitative estimate of drug-likeness (QED) is 0.911. The highest BCUT2D eigenvalue weighted by Gasteiger charge is 2.26. The van der Waals surface area contributed by atoms with Gasteiger partial charge in [-0.15, -0.1) is 0 Å². The van der Waals surface area contributed by atoms with Crippen molar-refractivity contribution in [2.45, 2.75) is 26.3 Å². The summed E-state index contributed by atoms with van der Waals surface area (Å²) >= 11 is 9.35. The van der Waals surface area contributed by atoms with Crippen molar-refractivity contribution in [3.8, 4) is 11.4 Å². The van der Waals surface area contributed by atoms with E-state index in [2.05, 4.69) is 31.4 Å². The Morgan fingerprint density at radius 3 is 2.79 bits per heavy atom. The zero-order chi connectivity index (χ0) is 14.0. The minimum absolute atomic E-state index is 0.344. The number of nitrogens with zero attached hydrogens (tertiary/aromatic N) is 2. The van der Waals surface area contributed by atoms with Crippen molar-refractivity contribution in [3.05, 3.63) is 33.6 Å². The van der Waals surface area contributed by atoms with Crippen LogP contribution in [0.3, 0.4) is 0 Å². The molecule has 1 heterocycles. The van der Waals surface area contributed by atoms with Gasteiger partial charge >= 0.3 is 0 Å². The van der Waals surface area contributed by atoms with Gasteiger partial charge in [0.1, 0.15) is 0 Å². The number of nitrogens with one attached hydrogen (secondary N) is 1. The molecule has 0 spiro atoms. The van der Waals surface area contributed by atoms with E-state index >= 15 is 0 Å². The highest BCUT2D eigenvalue weighted by atomic mass is 79.9. The molecule has 0 unspecified atom stereocenters. The van der Waals surface area contributed by atoms with E-state index in [1.165, 1.54) is 0 Å². The Labute approximate surface area is 125 Å². The third kappa shape index (κ3) is 3.16. The molecule has 1 N–H and O–H groups in total. The molecule has 4 nitrogen and oxygen atoms in total. The van der Waals surface area contributed by atoms with E-state index in [0.717, 1.165) is 16.6 Å². The molecule has 0 radical (unpaired) electrons. The third-order valence-corrected chi connectivity index (χ3v) is 3.97. The second-order valence-corrected chi connectivity index (χ2v) is 5.97. The fourth-order valence-electron chi connectivity index (χ4n) is 1.75. The van der Waals surface area contributed by atoms with Gasteiger partial charge < -0.3 is 9.84 Å².